The van der Waals surface area contributed by atoms with Crippen LogP contribution in [0.4, 0.5) is 0 Å². The van der Waals surface area contributed by atoms with Gasteiger partial charge in [-0.25, -0.2) is 0 Å². The number of unbranched alkanes of at least 4 members (excludes halogenated alkanes) is 4. The standard InChI is InChI=1S/C11H21N/c1-3-4-5-6-7-8-9-11(2)10-12/h3H,1-2,4-10,12H2. The first-order valence-electron chi connectivity index (χ1n) is 4.79. The van der Waals surface area contributed by atoms with E-state index in [-0.39, 0.29) is 0 Å². The van der Waals surface area contributed by atoms with E-state index in [9.17, 15) is 0 Å². The van der Waals surface area contributed by atoms with Gasteiger partial charge in [0.2, 0.25) is 0 Å². The minimum Gasteiger partial charge on any atom is -0.327 e. The summed E-state index contributed by atoms with van der Waals surface area (Å²) < 4.78 is 0. The Balaban J connectivity index is 3.00. The van der Waals surface area contributed by atoms with Crippen molar-refractivity contribution in [3.63, 3.8) is 0 Å². The molecule has 0 saturated heterocycles. The molecule has 0 spiro atoms. The molecule has 0 fully saturated rings. The van der Waals surface area contributed by atoms with Crippen LogP contribution in [-0.4, -0.2) is 6.54 Å². The number of allylic oxidation sites excluding steroid dienone is 1. The highest BCUT2D eigenvalue weighted by molar-refractivity contribution is 4.94. The Morgan fingerprint density at radius 2 is 1.83 bits per heavy atom. The molecule has 0 heterocycles. The molecule has 0 atom stereocenters. The first kappa shape index (κ1) is 11.4. The predicted octanol–water partition coefficient (Wildman–Crippen LogP) is 3.03. The zero-order valence-electron chi connectivity index (χ0n) is 8.02. The van der Waals surface area contributed by atoms with Gasteiger partial charge < -0.3 is 5.73 Å². The van der Waals surface area contributed by atoms with Gasteiger partial charge in [-0.2, -0.15) is 0 Å². The van der Waals surface area contributed by atoms with E-state index in [1.807, 2.05) is 6.08 Å². The van der Waals surface area contributed by atoms with Crippen LogP contribution in [0.25, 0.3) is 0 Å². The summed E-state index contributed by atoms with van der Waals surface area (Å²) in [6.45, 7) is 8.20. The molecular weight excluding hydrogens is 146 g/mol. The van der Waals surface area contributed by atoms with Gasteiger partial charge in [0, 0.05) is 6.54 Å². The molecule has 0 bridgehead atoms. The molecule has 1 heteroatoms. The van der Waals surface area contributed by atoms with Crippen LogP contribution in [0.1, 0.15) is 38.5 Å². The Labute approximate surface area is 76.3 Å². The lowest BCUT2D eigenvalue weighted by Crippen LogP contribution is -2.01. The van der Waals surface area contributed by atoms with Gasteiger partial charge in [0.05, 0.1) is 0 Å². The summed E-state index contributed by atoms with van der Waals surface area (Å²) >= 11 is 0. The summed E-state index contributed by atoms with van der Waals surface area (Å²) in [6, 6.07) is 0. The van der Waals surface area contributed by atoms with Gasteiger partial charge in [0.25, 0.3) is 0 Å². The Morgan fingerprint density at radius 3 is 2.42 bits per heavy atom. The van der Waals surface area contributed by atoms with Crippen LogP contribution >= 0.6 is 0 Å². The van der Waals surface area contributed by atoms with E-state index in [4.69, 9.17) is 5.73 Å². The molecule has 0 amide bonds. The minimum absolute atomic E-state index is 0.645. The van der Waals surface area contributed by atoms with E-state index < -0.39 is 0 Å². The number of rotatable bonds is 8. The molecule has 0 aromatic rings. The Hall–Kier alpha value is -0.560. The summed E-state index contributed by atoms with van der Waals surface area (Å²) in [5.74, 6) is 0. The van der Waals surface area contributed by atoms with Crippen LogP contribution in [0, 0.1) is 0 Å². The van der Waals surface area contributed by atoms with Crippen molar-refractivity contribution in [2.45, 2.75) is 38.5 Å². The van der Waals surface area contributed by atoms with Crippen molar-refractivity contribution in [3.8, 4) is 0 Å². The molecule has 0 aliphatic rings. The quantitative estimate of drug-likeness (QED) is 0.436. The predicted molar refractivity (Wildman–Crippen MR) is 56.1 cm³/mol. The smallest absolute Gasteiger partial charge is 0.0134 e. The zero-order chi connectivity index (χ0) is 9.23. The highest BCUT2D eigenvalue weighted by Crippen LogP contribution is 2.08. The van der Waals surface area contributed by atoms with E-state index >= 15 is 0 Å². The van der Waals surface area contributed by atoms with Crippen LogP contribution in [0.5, 0.6) is 0 Å². The van der Waals surface area contributed by atoms with E-state index in [1.165, 1.54) is 31.3 Å². The molecule has 0 saturated carbocycles. The molecule has 0 aromatic heterocycles. The van der Waals surface area contributed by atoms with Crippen molar-refractivity contribution in [1.82, 2.24) is 0 Å². The highest BCUT2D eigenvalue weighted by atomic mass is 14.5. The second-order valence-electron chi connectivity index (χ2n) is 3.20. The van der Waals surface area contributed by atoms with Gasteiger partial charge in [-0.1, -0.05) is 31.1 Å². The molecular formula is C11H21N. The van der Waals surface area contributed by atoms with E-state index in [2.05, 4.69) is 13.2 Å². The second-order valence-corrected chi connectivity index (χ2v) is 3.20. The van der Waals surface area contributed by atoms with E-state index in [0.717, 1.165) is 12.8 Å². The lowest BCUT2D eigenvalue weighted by molar-refractivity contribution is 0.642. The minimum atomic E-state index is 0.645. The molecule has 0 rings (SSSR count). The molecule has 0 unspecified atom stereocenters. The molecule has 12 heavy (non-hydrogen) atoms. The topological polar surface area (TPSA) is 26.0 Å². The van der Waals surface area contributed by atoms with Gasteiger partial charge in [0.1, 0.15) is 0 Å². The Bertz CT molecular complexity index is 127. The van der Waals surface area contributed by atoms with E-state index in [0.29, 0.717) is 6.54 Å². The van der Waals surface area contributed by atoms with Crippen LogP contribution in [0.15, 0.2) is 24.8 Å². The van der Waals surface area contributed by atoms with E-state index in [1.54, 1.807) is 0 Å². The van der Waals surface area contributed by atoms with Gasteiger partial charge in [-0.3, -0.25) is 0 Å². The lowest BCUT2D eigenvalue weighted by Gasteiger charge is -2.01. The molecule has 70 valence electrons. The summed E-state index contributed by atoms with van der Waals surface area (Å²) in [6.07, 6.45) is 9.36. The maximum atomic E-state index is 5.42. The lowest BCUT2D eigenvalue weighted by atomic mass is 10.1. The third-order valence-electron chi connectivity index (χ3n) is 1.98. The molecule has 0 radical (unpaired) electrons. The monoisotopic (exact) mass is 167 g/mol. The molecule has 0 aliphatic heterocycles. The first-order chi connectivity index (χ1) is 5.81. The summed E-state index contributed by atoms with van der Waals surface area (Å²) in [5, 5.41) is 0. The fourth-order valence-corrected chi connectivity index (χ4v) is 1.12. The summed E-state index contributed by atoms with van der Waals surface area (Å²) in [5.41, 5.74) is 6.60. The normalized spacial score (nSPS) is 9.75. The SMILES string of the molecule is C=CCCCCCCC(=C)CN. The molecule has 0 aromatic carbocycles. The zero-order valence-corrected chi connectivity index (χ0v) is 8.02. The van der Waals surface area contributed by atoms with Crippen molar-refractivity contribution < 1.29 is 0 Å². The van der Waals surface area contributed by atoms with Gasteiger partial charge in [-0.15, -0.1) is 6.58 Å². The second kappa shape index (κ2) is 8.54. The summed E-state index contributed by atoms with van der Waals surface area (Å²) in [7, 11) is 0. The van der Waals surface area contributed by atoms with Crippen LogP contribution in [-0.2, 0) is 0 Å². The largest absolute Gasteiger partial charge is 0.327 e. The summed E-state index contributed by atoms with van der Waals surface area (Å²) in [4.78, 5) is 0. The fraction of sp³-hybridized carbons (Fsp3) is 0.636. The van der Waals surface area contributed by atoms with Crippen molar-refractivity contribution in [2.24, 2.45) is 5.73 Å². The maximum Gasteiger partial charge on any atom is 0.0134 e. The van der Waals surface area contributed by atoms with Gasteiger partial charge >= 0.3 is 0 Å². The Kier molecular flexibility index (Phi) is 8.14. The maximum absolute atomic E-state index is 5.42. The molecule has 1 nitrogen and oxygen atoms in total. The van der Waals surface area contributed by atoms with Gasteiger partial charge in [0.15, 0.2) is 0 Å². The third kappa shape index (κ3) is 7.55. The third-order valence-corrected chi connectivity index (χ3v) is 1.98. The van der Waals surface area contributed by atoms with Crippen LogP contribution < -0.4 is 5.73 Å². The van der Waals surface area contributed by atoms with Crippen molar-refractivity contribution in [2.75, 3.05) is 6.54 Å². The average Bonchev–Trinajstić information content (AvgIpc) is 2.10. The Morgan fingerprint density at radius 1 is 1.17 bits per heavy atom. The molecule has 2 N–H and O–H groups in total. The number of hydrogen-bond donors (Lipinski definition) is 1. The van der Waals surface area contributed by atoms with Crippen molar-refractivity contribution in [1.29, 1.82) is 0 Å². The number of nitrogens with two attached hydrogens (primary N) is 1. The van der Waals surface area contributed by atoms with Crippen molar-refractivity contribution in [3.05, 3.63) is 24.8 Å². The van der Waals surface area contributed by atoms with Crippen LogP contribution in [0.3, 0.4) is 0 Å². The fourth-order valence-electron chi connectivity index (χ4n) is 1.12. The average molecular weight is 167 g/mol. The molecule has 0 aliphatic carbocycles. The van der Waals surface area contributed by atoms with Crippen molar-refractivity contribution >= 4 is 0 Å². The highest BCUT2D eigenvalue weighted by Gasteiger charge is 1.91. The number of hydrogen-bond acceptors (Lipinski definition) is 1. The van der Waals surface area contributed by atoms with Gasteiger partial charge in [-0.05, 0) is 25.7 Å². The first-order valence-corrected chi connectivity index (χ1v) is 4.79. The van der Waals surface area contributed by atoms with Crippen LogP contribution in [0.2, 0.25) is 0 Å².